The van der Waals surface area contributed by atoms with Gasteiger partial charge in [-0.1, -0.05) is 0 Å². The fraction of sp³-hybridized carbons (Fsp3) is 0.467. The van der Waals surface area contributed by atoms with Crippen molar-refractivity contribution in [2.24, 2.45) is 0 Å². The molecule has 22 heavy (non-hydrogen) atoms. The zero-order valence-electron chi connectivity index (χ0n) is 12.8. The second-order valence-corrected chi connectivity index (χ2v) is 5.85. The lowest BCUT2D eigenvalue weighted by atomic mass is 10.2. The summed E-state index contributed by atoms with van der Waals surface area (Å²) in [5, 5.41) is 12.7. The predicted octanol–water partition coefficient (Wildman–Crippen LogP) is 2.14. The minimum Gasteiger partial charge on any atom is -0.335 e. The number of rotatable bonds is 5. The van der Waals surface area contributed by atoms with Crippen molar-refractivity contribution in [3.05, 3.63) is 35.7 Å². The van der Waals surface area contributed by atoms with Crippen LogP contribution >= 0.6 is 0 Å². The number of aromatic amines is 1. The summed E-state index contributed by atoms with van der Waals surface area (Å²) < 4.78 is 0. The molecule has 7 nitrogen and oxygen atoms in total. The maximum absolute atomic E-state index is 11.9. The van der Waals surface area contributed by atoms with Crippen LogP contribution in [-0.4, -0.2) is 32.2 Å². The summed E-state index contributed by atoms with van der Waals surface area (Å²) in [7, 11) is 0. The van der Waals surface area contributed by atoms with Crippen LogP contribution in [0.15, 0.2) is 18.5 Å². The number of amides is 2. The Labute approximate surface area is 129 Å². The summed E-state index contributed by atoms with van der Waals surface area (Å²) in [6.07, 6.45) is 6.31. The SMILES string of the molecule is Cc1cc(CC(C)NC(=O)Nc2cnc(C3CC3)nc2)n[nH]1. The van der Waals surface area contributed by atoms with Crippen molar-refractivity contribution in [3.63, 3.8) is 0 Å². The zero-order valence-corrected chi connectivity index (χ0v) is 12.8. The summed E-state index contributed by atoms with van der Waals surface area (Å²) in [6, 6.07) is 1.69. The van der Waals surface area contributed by atoms with E-state index in [0.29, 0.717) is 18.0 Å². The molecule has 116 valence electrons. The van der Waals surface area contributed by atoms with Crippen LogP contribution < -0.4 is 10.6 Å². The van der Waals surface area contributed by atoms with Crippen LogP contribution in [0.5, 0.6) is 0 Å². The molecule has 1 saturated carbocycles. The van der Waals surface area contributed by atoms with Crippen LogP contribution in [0.1, 0.15) is 42.9 Å². The molecule has 1 unspecified atom stereocenters. The van der Waals surface area contributed by atoms with Crippen LogP contribution in [0.4, 0.5) is 10.5 Å². The first kappa shape index (κ1) is 14.5. The van der Waals surface area contributed by atoms with Gasteiger partial charge in [0.1, 0.15) is 5.82 Å². The van der Waals surface area contributed by atoms with E-state index in [4.69, 9.17) is 0 Å². The molecule has 2 aromatic heterocycles. The van der Waals surface area contributed by atoms with E-state index in [-0.39, 0.29) is 12.1 Å². The molecule has 0 aliphatic heterocycles. The third kappa shape index (κ3) is 3.81. The van der Waals surface area contributed by atoms with Crippen molar-refractivity contribution >= 4 is 11.7 Å². The van der Waals surface area contributed by atoms with Crippen LogP contribution in [-0.2, 0) is 6.42 Å². The van der Waals surface area contributed by atoms with Gasteiger partial charge in [0.2, 0.25) is 0 Å². The first-order valence-electron chi connectivity index (χ1n) is 7.50. The van der Waals surface area contributed by atoms with Gasteiger partial charge in [0.25, 0.3) is 0 Å². The summed E-state index contributed by atoms with van der Waals surface area (Å²) >= 11 is 0. The van der Waals surface area contributed by atoms with Gasteiger partial charge in [-0.3, -0.25) is 5.10 Å². The fourth-order valence-electron chi connectivity index (χ4n) is 2.29. The van der Waals surface area contributed by atoms with Crippen LogP contribution in [0.3, 0.4) is 0 Å². The quantitative estimate of drug-likeness (QED) is 0.788. The molecule has 2 amide bonds. The van der Waals surface area contributed by atoms with Gasteiger partial charge in [0.05, 0.1) is 23.8 Å². The molecule has 3 rings (SSSR count). The number of urea groups is 1. The Bertz CT molecular complexity index is 646. The number of nitrogens with one attached hydrogen (secondary N) is 3. The topological polar surface area (TPSA) is 95.6 Å². The van der Waals surface area contributed by atoms with E-state index in [1.807, 2.05) is 19.9 Å². The molecule has 1 aliphatic rings. The minimum atomic E-state index is -0.262. The third-order valence-electron chi connectivity index (χ3n) is 3.52. The molecular formula is C15H20N6O. The number of carbonyl (C=O) groups excluding carboxylic acids is 1. The molecule has 1 atom stereocenters. The number of hydrogen-bond acceptors (Lipinski definition) is 4. The fourth-order valence-corrected chi connectivity index (χ4v) is 2.29. The normalized spacial score (nSPS) is 15.4. The molecule has 3 N–H and O–H groups in total. The standard InChI is InChI=1S/C15H20N6O/c1-9(5-12-6-10(2)20-21-12)18-15(22)19-13-7-16-14(17-8-13)11-3-4-11/h6-9,11H,3-5H2,1-2H3,(H,20,21)(H2,18,19,22). The molecule has 0 spiro atoms. The van der Waals surface area contributed by atoms with Gasteiger partial charge in [-0.25, -0.2) is 14.8 Å². The number of aryl methyl sites for hydroxylation is 1. The van der Waals surface area contributed by atoms with Crippen LogP contribution in [0.25, 0.3) is 0 Å². The predicted molar refractivity (Wildman–Crippen MR) is 82.7 cm³/mol. The van der Waals surface area contributed by atoms with Gasteiger partial charge in [0, 0.05) is 24.1 Å². The second kappa shape index (κ2) is 6.13. The third-order valence-corrected chi connectivity index (χ3v) is 3.52. The number of anilines is 1. The molecule has 0 bridgehead atoms. The highest BCUT2D eigenvalue weighted by molar-refractivity contribution is 5.89. The van der Waals surface area contributed by atoms with E-state index in [0.717, 1.165) is 30.1 Å². The molecule has 0 aromatic carbocycles. The minimum absolute atomic E-state index is 0.0191. The lowest BCUT2D eigenvalue weighted by Gasteiger charge is -2.13. The van der Waals surface area contributed by atoms with Gasteiger partial charge in [0.15, 0.2) is 0 Å². The molecule has 2 aromatic rings. The summed E-state index contributed by atoms with van der Waals surface area (Å²) in [4.78, 5) is 20.5. The number of carbonyl (C=O) groups is 1. The summed E-state index contributed by atoms with van der Waals surface area (Å²) in [6.45, 7) is 3.89. The van der Waals surface area contributed by atoms with Crippen molar-refractivity contribution in [2.75, 3.05) is 5.32 Å². The second-order valence-electron chi connectivity index (χ2n) is 5.85. The summed E-state index contributed by atoms with van der Waals surface area (Å²) in [5.74, 6) is 1.38. The number of aromatic nitrogens is 4. The molecule has 0 saturated heterocycles. The van der Waals surface area contributed by atoms with E-state index >= 15 is 0 Å². The monoisotopic (exact) mass is 300 g/mol. The first-order chi connectivity index (χ1) is 10.6. The molecule has 0 radical (unpaired) electrons. The lowest BCUT2D eigenvalue weighted by molar-refractivity contribution is 0.249. The molecule has 1 fully saturated rings. The number of H-pyrrole nitrogens is 1. The van der Waals surface area contributed by atoms with E-state index in [1.165, 1.54) is 0 Å². The maximum Gasteiger partial charge on any atom is 0.319 e. The average Bonchev–Trinajstić information content (AvgIpc) is 3.23. The van der Waals surface area contributed by atoms with Crippen molar-refractivity contribution in [3.8, 4) is 0 Å². The maximum atomic E-state index is 11.9. The first-order valence-corrected chi connectivity index (χ1v) is 7.50. The zero-order chi connectivity index (χ0) is 15.5. The lowest BCUT2D eigenvalue weighted by Crippen LogP contribution is -2.37. The Morgan fingerprint density at radius 3 is 2.73 bits per heavy atom. The van der Waals surface area contributed by atoms with E-state index in [9.17, 15) is 4.79 Å². The smallest absolute Gasteiger partial charge is 0.319 e. The highest BCUT2D eigenvalue weighted by Gasteiger charge is 2.26. The van der Waals surface area contributed by atoms with Gasteiger partial charge in [-0.2, -0.15) is 5.10 Å². The Hall–Kier alpha value is -2.44. The van der Waals surface area contributed by atoms with Gasteiger partial charge in [-0.05, 0) is 32.8 Å². The molecular weight excluding hydrogens is 280 g/mol. The molecule has 1 aliphatic carbocycles. The number of hydrogen-bond donors (Lipinski definition) is 3. The number of nitrogens with zero attached hydrogens (tertiary/aromatic N) is 3. The van der Waals surface area contributed by atoms with Crippen LogP contribution in [0, 0.1) is 6.92 Å². The van der Waals surface area contributed by atoms with Crippen molar-refractivity contribution < 1.29 is 4.79 Å². The molecule has 2 heterocycles. The van der Waals surface area contributed by atoms with Crippen LogP contribution in [0.2, 0.25) is 0 Å². The Balaban J connectivity index is 1.48. The van der Waals surface area contributed by atoms with E-state index < -0.39 is 0 Å². The van der Waals surface area contributed by atoms with E-state index in [1.54, 1.807) is 12.4 Å². The van der Waals surface area contributed by atoms with Gasteiger partial charge < -0.3 is 10.6 Å². The Morgan fingerprint density at radius 2 is 2.14 bits per heavy atom. The van der Waals surface area contributed by atoms with Crippen molar-refractivity contribution in [2.45, 2.75) is 45.1 Å². The largest absolute Gasteiger partial charge is 0.335 e. The Kier molecular flexibility index (Phi) is 4.04. The van der Waals surface area contributed by atoms with Gasteiger partial charge in [-0.15, -0.1) is 0 Å². The van der Waals surface area contributed by atoms with Gasteiger partial charge >= 0.3 is 6.03 Å². The van der Waals surface area contributed by atoms with Crippen molar-refractivity contribution in [1.82, 2.24) is 25.5 Å². The van der Waals surface area contributed by atoms with Crippen molar-refractivity contribution in [1.29, 1.82) is 0 Å². The Morgan fingerprint density at radius 1 is 1.41 bits per heavy atom. The average molecular weight is 300 g/mol. The highest BCUT2D eigenvalue weighted by Crippen LogP contribution is 2.37. The highest BCUT2D eigenvalue weighted by atomic mass is 16.2. The summed E-state index contributed by atoms with van der Waals surface area (Å²) in [5.41, 5.74) is 2.55. The van der Waals surface area contributed by atoms with E-state index in [2.05, 4.69) is 30.8 Å². The molecule has 7 heteroatoms.